The minimum Gasteiger partial charge on any atom is -0.347 e. The van der Waals surface area contributed by atoms with E-state index in [1.807, 2.05) is 6.19 Å². The Kier molecular flexibility index (Phi) is 3.98. The Bertz CT molecular complexity index is 779. The van der Waals surface area contributed by atoms with E-state index in [1.165, 1.54) is 6.07 Å². The first-order chi connectivity index (χ1) is 11.1. The number of benzene rings is 1. The van der Waals surface area contributed by atoms with Crippen LogP contribution in [-0.2, 0) is 7.05 Å². The fourth-order valence-electron chi connectivity index (χ4n) is 2.70. The second kappa shape index (κ2) is 6.08. The second-order valence-electron chi connectivity index (χ2n) is 5.55. The summed E-state index contributed by atoms with van der Waals surface area (Å²) in [6.07, 6.45) is 4.45. The van der Waals surface area contributed by atoms with Gasteiger partial charge in [0, 0.05) is 37.9 Å². The molecule has 0 aliphatic carbocycles. The van der Waals surface area contributed by atoms with Crippen molar-refractivity contribution in [3.05, 3.63) is 41.8 Å². The van der Waals surface area contributed by atoms with Crippen molar-refractivity contribution in [3.63, 3.8) is 0 Å². The number of likely N-dealkylation sites (tertiary alicyclic amines) is 1. The van der Waals surface area contributed by atoms with E-state index >= 15 is 0 Å². The van der Waals surface area contributed by atoms with E-state index < -0.39 is 11.7 Å². The third kappa shape index (κ3) is 3.01. The molecular formula is C16H16FN5O. The number of carbonyl (C=O) groups excluding carboxylic acids is 1. The van der Waals surface area contributed by atoms with Gasteiger partial charge in [0.25, 0.3) is 5.91 Å². The lowest BCUT2D eigenvalue weighted by Crippen LogP contribution is -2.36. The van der Waals surface area contributed by atoms with Gasteiger partial charge in [0.2, 0.25) is 0 Å². The lowest BCUT2D eigenvalue weighted by atomic mass is 10.1. The number of carbonyl (C=O) groups is 1. The molecule has 6 nitrogen and oxygen atoms in total. The van der Waals surface area contributed by atoms with Crippen LogP contribution in [0.25, 0.3) is 11.3 Å². The number of nitriles is 1. The molecule has 7 heteroatoms. The van der Waals surface area contributed by atoms with Crippen molar-refractivity contribution < 1.29 is 9.18 Å². The summed E-state index contributed by atoms with van der Waals surface area (Å²) in [4.78, 5) is 13.9. The van der Waals surface area contributed by atoms with E-state index in [0.29, 0.717) is 30.8 Å². The van der Waals surface area contributed by atoms with E-state index in [1.54, 1.807) is 41.0 Å². The Labute approximate surface area is 133 Å². The summed E-state index contributed by atoms with van der Waals surface area (Å²) in [5.74, 6) is -1.05. The lowest BCUT2D eigenvalue weighted by Gasteiger charge is -2.13. The molecule has 118 valence electrons. The van der Waals surface area contributed by atoms with Gasteiger partial charge in [0.05, 0.1) is 11.3 Å². The Balaban J connectivity index is 1.80. The first-order valence-electron chi connectivity index (χ1n) is 7.32. The van der Waals surface area contributed by atoms with E-state index in [0.717, 1.165) is 0 Å². The number of hydrogen-bond donors (Lipinski definition) is 1. The largest absolute Gasteiger partial charge is 0.347 e. The number of nitrogens with one attached hydrogen (secondary N) is 1. The monoisotopic (exact) mass is 313 g/mol. The minimum absolute atomic E-state index is 0.0106. The fourth-order valence-corrected chi connectivity index (χ4v) is 2.70. The number of aryl methyl sites for hydroxylation is 1. The van der Waals surface area contributed by atoms with Gasteiger partial charge in [-0.25, -0.2) is 4.39 Å². The molecule has 1 fully saturated rings. The highest BCUT2D eigenvalue weighted by atomic mass is 19.1. The van der Waals surface area contributed by atoms with Gasteiger partial charge < -0.3 is 10.2 Å². The molecule has 23 heavy (non-hydrogen) atoms. The van der Waals surface area contributed by atoms with Crippen LogP contribution < -0.4 is 5.32 Å². The van der Waals surface area contributed by atoms with Crippen LogP contribution in [0.5, 0.6) is 0 Å². The van der Waals surface area contributed by atoms with Crippen molar-refractivity contribution in [1.82, 2.24) is 20.0 Å². The van der Waals surface area contributed by atoms with Crippen LogP contribution in [0.3, 0.4) is 0 Å². The topological polar surface area (TPSA) is 74.0 Å². The molecule has 1 aliphatic rings. The molecule has 1 aromatic heterocycles. The average Bonchev–Trinajstić information content (AvgIpc) is 3.16. The summed E-state index contributed by atoms with van der Waals surface area (Å²) in [5.41, 5.74) is 0.767. The van der Waals surface area contributed by atoms with Gasteiger partial charge in [-0.2, -0.15) is 10.4 Å². The van der Waals surface area contributed by atoms with Crippen LogP contribution in [0.2, 0.25) is 0 Å². The van der Waals surface area contributed by atoms with Crippen LogP contribution in [0, 0.1) is 17.3 Å². The molecular weight excluding hydrogens is 297 g/mol. The highest BCUT2D eigenvalue weighted by molar-refractivity contribution is 5.96. The molecule has 0 saturated carbocycles. The van der Waals surface area contributed by atoms with Crippen LogP contribution in [-0.4, -0.2) is 39.7 Å². The summed E-state index contributed by atoms with van der Waals surface area (Å²) in [5, 5.41) is 15.8. The zero-order valence-electron chi connectivity index (χ0n) is 12.7. The van der Waals surface area contributed by atoms with Gasteiger partial charge in [0.15, 0.2) is 6.19 Å². The lowest BCUT2D eigenvalue weighted by molar-refractivity contribution is 0.0935. The average molecular weight is 313 g/mol. The molecule has 1 atom stereocenters. The van der Waals surface area contributed by atoms with Crippen molar-refractivity contribution in [2.24, 2.45) is 7.05 Å². The Hall–Kier alpha value is -2.88. The van der Waals surface area contributed by atoms with Crippen LogP contribution in [0.4, 0.5) is 4.39 Å². The highest BCUT2D eigenvalue weighted by Gasteiger charge is 2.25. The summed E-state index contributed by atoms with van der Waals surface area (Å²) < 4.78 is 16.2. The maximum Gasteiger partial charge on any atom is 0.254 e. The number of rotatable bonds is 3. The van der Waals surface area contributed by atoms with Crippen molar-refractivity contribution in [2.75, 3.05) is 13.1 Å². The molecule has 3 rings (SSSR count). The SMILES string of the molecule is Cn1ccc(-c2cccc(C(=O)N[C@@H]3CCN(C#N)C3)c2F)n1. The third-order valence-corrected chi connectivity index (χ3v) is 3.90. The van der Waals surface area contributed by atoms with E-state index in [4.69, 9.17) is 5.26 Å². The maximum absolute atomic E-state index is 14.7. The molecule has 1 saturated heterocycles. The van der Waals surface area contributed by atoms with E-state index in [9.17, 15) is 9.18 Å². The predicted octanol–water partition coefficient (Wildman–Crippen LogP) is 1.51. The number of aromatic nitrogens is 2. The quantitative estimate of drug-likeness (QED) is 0.872. The first kappa shape index (κ1) is 15.0. The molecule has 2 aromatic rings. The predicted molar refractivity (Wildman–Crippen MR) is 81.7 cm³/mol. The molecule has 2 heterocycles. The zero-order valence-corrected chi connectivity index (χ0v) is 12.7. The number of hydrogen-bond acceptors (Lipinski definition) is 4. The van der Waals surface area contributed by atoms with Gasteiger partial charge in [-0.15, -0.1) is 0 Å². The van der Waals surface area contributed by atoms with Gasteiger partial charge in [-0.05, 0) is 24.6 Å². The number of nitrogens with zero attached hydrogens (tertiary/aromatic N) is 4. The molecule has 0 spiro atoms. The molecule has 1 aliphatic heterocycles. The van der Waals surface area contributed by atoms with Crippen molar-refractivity contribution in [3.8, 4) is 17.5 Å². The smallest absolute Gasteiger partial charge is 0.254 e. The summed E-state index contributed by atoms with van der Waals surface area (Å²) in [6.45, 7) is 1.07. The summed E-state index contributed by atoms with van der Waals surface area (Å²) in [7, 11) is 1.75. The van der Waals surface area contributed by atoms with Crippen molar-refractivity contribution in [2.45, 2.75) is 12.5 Å². The minimum atomic E-state index is -0.584. The molecule has 0 radical (unpaired) electrons. The highest BCUT2D eigenvalue weighted by Crippen LogP contribution is 2.23. The van der Waals surface area contributed by atoms with E-state index in [2.05, 4.69) is 10.4 Å². The standard InChI is InChI=1S/C16H16FN5O/c1-21-7-6-14(20-21)12-3-2-4-13(15(12)17)16(23)19-11-5-8-22(9-11)10-18/h2-4,6-7,11H,5,8-9H2,1H3,(H,19,23)/t11-/m1/s1. The third-order valence-electron chi connectivity index (χ3n) is 3.90. The number of halogens is 1. The molecule has 0 unspecified atom stereocenters. The molecule has 1 N–H and O–H groups in total. The maximum atomic E-state index is 14.7. The Morgan fingerprint density at radius 2 is 2.30 bits per heavy atom. The van der Waals surface area contributed by atoms with Crippen LogP contribution in [0.15, 0.2) is 30.5 Å². The van der Waals surface area contributed by atoms with Gasteiger partial charge in [0.1, 0.15) is 5.82 Å². The molecule has 1 amide bonds. The summed E-state index contributed by atoms with van der Waals surface area (Å²) in [6, 6.07) is 6.25. The van der Waals surface area contributed by atoms with Gasteiger partial charge in [-0.1, -0.05) is 6.07 Å². The van der Waals surface area contributed by atoms with Gasteiger partial charge in [-0.3, -0.25) is 9.48 Å². The van der Waals surface area contributed by atoms with Crippen LogP contribution >= 0.6 is 0 Å². The molecule has 1 aromatic carbocycles. The Morgan fingerprint density at radius 3 is 2.96 bits per heavy atom. The van der Waals surface area contributed by atoms with Crippen molar-refractivity contribution in [1.29, 1.82) is 5.26 Å². The normalized spacial score (nSPS) is 17.1. The summed E-state index contributed by atoms with van der Waals surface area (Å²) >= 11 is 0. The van der Waals surface area contributed by atoms with E-state index in [-0.39, 0.29) is 11.6 Å². The number of amides is 1. The van der Waals surface area contributed by atoms with Crippen molar-refractivity contribution >= 4 is 5.91 Å². The van der Waals surface area contributed by atoms with Crippen LogP contribution in [0.1, 0.15) is 16.8 Å². The van der Waals surface area contributed by atoms with Gasteiger partial charge >= 0.3 is 0 Å². The molecule has 0 bridgehead atoms. The zero-order chi connectivity index (χ0) is 16.4. The Morgan fingerprint density at radius 1 is 1.48 bits per heavy atom. The fraction of sp³-hybridized carbons (Fsp3) is 0.312. The second-order valence-corrected chi connectivity index (χ2v) is 5.55. The first-order valence-corrected chi connectivity index (χ1v) is 7.32.